The summed E-state index contributed by atoms with van der Waals surface area (Å²) in [5, 5.41) is 19.9. The van der Waals surface area contributed by atoms with Crippen LogP contribution in [0.2, 0.25) is 0 Å². The predicted octanol–water partition coefficient (Wildman–Crippen LogP) is 7.17. The van der Waals surface area contributed by atoms with Crippen molar-refractivity contribution in [1.82, 2.24) is 10.2 Å². The highest BCUT2D eigenvalue weighted by atomic mass is 32.2. The molecule has 1 aliphatic rings. The molecule has 4 aromatic rings. The van der Waals surface area contributed by atoms with Gasteiger partial charge in [0.1, 0.15) is 0 Å². The largest absolute Gasteiger partial charge is 0.503 e. The molecule has 0 radical (unpaired) electrons. The summed E-state index contributed by atoms with van der Waals surface area (Å²) in [7, 11) is 0. The third-order valence-electron chi connectivity index (χ3n) is 6.59. The van der Waals surface area contributed by atoms with Gasteiger partial charge in [0.15, 0.2) is 27.4 Å². The first-order chi connectivity index (χ1) is 20.5. The number of aliphatic hydroxyl groups excluding tert-OH is 1. The molecule has 1 aliphatic heterocycles. The minimum atomic E-state index is -0.997. The first-order valence-electron chi connectivity index (χ1n) is 13.8. The molecule has 1 unspecified atom stereocenters. The summed E-state index contributed by atoms with van der Waals surface area (Å²) in [6, 6.07) is 17.3. The summed E-state index contributed by atoms with van der Waals surface area (Å²) < 4.78 is 17.9. The van der Waals surface area contributed by atoms with Gasteiger partial charge in [0.05, 0.1) is 31.1 Å². The fourth-order valence-corrected chi connectivity index (χ4v) is 6.41. The Kier molecular flexibility index (Phi) is 9.60. The zero-order valence-corrected chi connectivity index (χ0v) is 25.0. The summed E-state index contributed by atoms with van der Waals surface area (Å²) in [5.41, 5.74) is 1.56. The Morgan fingerprint density at radius 1 is 1.05 bits per heavy atom. The molecule has 5 rings (SSSR count). The maximum atomic E-state index is 13.6. The van der Waals surface area contributed by atoms with Crippen molar-refractivity contribution in [3.05, 3.63) is 95.1 Å². The van der Waals surface area contributed by atoms with Crippen molar-refractivity contribution in [2.24, 2.45) is 0 Å². The Balaban J connectivity index is 1.50. The quantitative estimate of drug-likeness (QED) is 0.0691. The molecule has 42 heavy (non-hydrogen) atoms. The van der Waals surface area contributed by atoms with E-state index in [4.69, 9.17) is 13.9 Å². The van der Waals surface area contributed by atoms with Gasteiger partial charge in [-0.05, 0) is 48.7 Å². The number of aromatic nitrogens is 2. The second kappa shape index (κ2) is 13.7. The molecule has 2 aromatic carbocycles. The van der Waals surface area contributed by atoms with Gasteiger partial charge < -0.3 is 19.0 Å². The van der Waals surface area contributed by atoms with Gasteiger partial charge in [-0.25, -0.2) is 0 Å². The number of carbonyl (C=O) groups excluding carboxylic acids is 2. The summed E-state index contributed by atoms with van der Waals surface area (Å²) >= 11 is 2.71. The van der Waals surface area contributed by atoms with E-state index < -0.39 is 23.5 Å². The van der Waals surface area contributed by atoms with E-state index in [1.165, 1.54) is 40.3 Å². The van der Waals surface area contributed by atoms with E-state index >= 15 is 0 Å². The van der Waals surface area contributed by atoms with Gasteiger partial charge in [-0.15, -0.1) is 10.2 Å². The number of furan rings is 1. The number of rotatable bonds is 14. The molecule has 0 aliphatic carbocycles. The van der Waals surface area contributed by atoms with E-state index in [0.717, 1.165) is 24.8 Å². The average molecular weight is 606 g/mol. The van der Waals surface area contributed by atoms with Crippen molar-refractivity contribution in [2.75, 3.05) is 18.1 Å². The Labute approximate surface area is 252 Å². The summed E-state index contributed by atoms with van der Waals surface area (Å²) in [6.45, 7) is 4.92. The van der Waals surface area contributed by atoms with Crippen LogP contribution < -0.4 is 14.4 Å². The van der Waals surface area contributed by atoms with Gasteiger partial charge in [0.25, 0.3) is 5.91 Å². The molecule has 9 nitrogen and oxygen atoms in total. The number of ketones is 1. The number of Topliss-reactive ketones (excluding diaryl/α,β-unsaturated/α-hetero) is 1. The number of aliphatic hydroxyl groups is 1. The summed E-state index contributed by atoms with van der Waals surface area (Å²) in [4.78, 5) is 28.4. The first kappa shape index (κ1) is 29.4. The number of carbonyl (C=O) groups is 2. The van der Waals surface area contributed by atoms with Crippen LogP contribution in [0.5, 0.6) is 11.5 Å². The van der Waals surface area contributed by atoms with Crippen molar-refractivity contribution in [3.8, 4) is 11.5 Å². The van der Waals surface area contributed by atoms with E-state index in [1.54, 1.807) is 24.3 Å². The Morgan fingerprint density at radius 2 is 1.88 bits per heavy atom. The molecule has 1 atom stereocenters. The Morgan fingerprint density at radius 3 is 2.62 bits per heavy atom. The highest BCUT2D eigenvalue weighted by Crippen LogP contribution is 2.45. The highest BCUT2D eigenvalue weighted by molar-refractivity contribution is 8.00. The summed E-state index contributed by atoms with van der Waals surface area (Å²) in [6.07, 6.45) is 4.41. The topological polar surface area (TPSA) is 115 Å². The van der Waals surface area contributed by atoms with E-state index in [9.17, 15) is 14.7 Å². The van der Waals surface area contributed by atoms with Gasteiger partial charge in [0.2, 0.25) is 10.9 Å². The summed E-state index contributed by atoms with van der Waals surface area (Å²) in [5.74, 6) is -0.276. The number of hydrogen-bond donors (Lipinski definition) is 1. The fraction of sp³-hybridized carbons (Fsp3) is 0.290. The smallest absolute Gasteiger partial charge is 0.296 e. The second-order valence-corrected chi connectivity index (χ2v) is 11.6. The molecular weight excluding hydrogens is 574 g/mol. The van der Waals surface area contributed by atoms with E-state index in [1.807, 2.05) is 37.3 Å². The third kappa shape index (κ3) is 6.37. The number of thioether (sulfide) groups is 1. The predicted molar refractivity (Wildman–Crippen MR) is 161 cm³/mol. The van der Waals surface area contributed by atoms with Gasteiger partial charge in [-0.1, -0.05) is 79.3 Å². The number of unbranched alkanes of at least 4 members (excludes halogenated alkanes) is 2. The van der Waals surface area contributed by atoms with Crippen molar-refractivity contribution in [1.29, 1.82) is 0 Å². The molecule has 11 heteroatoms. The van der Waals surface area contributed by atoms with Crippen molar-refractivity contribution in [3.63, 3.8) is 0 Å². The number of ether oxygens (including phenoxy) is 2. The third-order valence-corrected chi connectivity index (χ3v) is 8.72. The normalized spacial score (nSPS) is 15.0. The van der Waals surface area contributed by atoms with Gasteiger partial charge in [-0.3, -0.25) is 14.5 Å². The number of hydrogen-bond acceptors (Lipinski definition) is 10. The minimum absolute atomic E-state index is 0.00785. The molecule has 0 spiro atoms. The Bertz CT molecular complexity index is 1550. The lowest BCUT2D eigenvalue weighted by molar-refractivity contribution is -0.117. The number of amides is 1. The maximum Gasteiger partial charge on any atom is 0.296 e. The molecule has 0 saturated heterocycles. The lowest BCUT2D eigenvalue weighted by Crippen LogP contribution is -2.31. The molecular formula is C31H31N3O6S2. The van der Waals surface area contributed by atoms with Crippen LogP contribution in [-0.2, 0) is 10.5 Å². The average Bonchev–Trinajstić information content (AvgIpc) is 3.76. The Hall–Kier alpha value is -4.09. The lowest BCUT2D eigenvalue weighted by atomic mass is 9.95. The molecule has 0 fully saturated rings. The van der Waals surface area contributed by atoms with Crippen LogP contribution in [0, 0.1) is 0 Å². The zero-order valence-electron chi connectivity index (χ0n) is 23.3. The van der Waals surface area contributed by atoms with Crippen molar-refractivity contribution in [2.45, 2.75) is 49.2 Å². The van der Waals surface area contributed by atoms with Gasteiger partial charge >= 0.3 is 0 Å². The standard InChI is InChI=1S/C31H31N3O6S2/c1-3-5-9-16-39-22-15-14-21(18-24(22)38-4-2)26-25(27(35)23-13-10-17-40-23)28(36)29(37)34(26)30-32-33-31(42-30)41-19-20-11-7-6-8-12-20/h6-8,10-15,17-18,26,36H,3-5,9,16,19H2,1-2H3. The van der Waals surface area contributed by atoms with E-state index in [-0.39, 0.29) is 16.5 Å². The van der Waals surface area contributed by atoms with Crippen LogP contribution in [0.1, 0.15) is 60.8 Å². The van der Waals surface area contributed by atoms with Crippen LogP contribution >= 0.6 is 23.1 Å². The molecule has 0 saturated carbocycles. The second-order valence-electron chi connectivity index (χ2n) is 9.47. The van der Waals surface area contributed by atoms with Crippen LogP contribution in [0.3, 0.4) is 0 Å². The van der Waals surface area contributed by atoms with Crippen LogP contribution in [0.15, 0.2) is 87.0 Å². The van der Waals surface area contributed by atoms with E-state index in [0.29, 0.717) is 40.4 Å². The monoisotopic (exact) mass is 605 g/mol. The minimum Gasteiger partial charge on any atom is -0.503 e. The van der Waals surface area contributed by atoms with Crippen molar-refractivity contribution < 1.29 is 28.6 Å². The van der Waals surface area contributed by atoms with E-state index in [2.05, 4.69) is 17.1 Å². The van der Waals surface area contributed by atoms with Gasteiger partial charge in [-0.2, -0.15) is 0 Å². The number of benzene rings is 2. The number of anilines is 1. The number of nitrogens with zero attached hydrogens (tertiary/aromatic N) is 3. The molecule has 2 aromatic heterocycles. The fourth-order valence-electron chi connectivity index (χ4n) is 4.58. The lowest BCUT2D eigenvalue weighted by Gasteiger charge is -2.24. The van der Waals surface area contributed by atoms with Crippen LogP contribution in [-0.4, -0.2) is 40.2 Å². The SMILES string of the molecule is CCCCCOc1ccc(C2C(C(=O)c3ccco3)=C(O)C(=O)N2c2nnc(SCc3ccccc3)s2)cc1OCC. The first-order valence-corrected chi connectivity index (χ1v) is 15.6. The van der Waals surface area contributed by atoms with Crippen molar-refractivity contribution >= 4 is 39.9 Å². The highest BCUT2D eigenvalue weighted by Gasteiger charge is 2.47. The maximum absolute atomic E-state index is 13.6. The molecule has 0 bridgehead atoms. The molecule has 1 amide bonds. The molecule has 3 heterocycles. The van der Waals surface area contributed by atoms with Gasteiger partial charge in [0, 0.05) is 5.75 Å². The zero-order chi connectivity index (χ0) is 29.5. The van der Waals surface area contributed by atoms with Crippen LogP contribution in [0.25, 0.3) is 0 Å². The van der Waals surface area contributed by atoms with Crippen LogP contribution in [0.4, 0.5) is 5.13 Å². The molecule has 1 N–H and O–H groups in total. The molecule has 218 valence electrons.